The minimum Gasteiger partial charge on any atom is -0.390 e. The molecule has 3 nitrogen and oxygen atoms in total. The van der Waals surface area contributed by atoms with Crippen molar-refractivity contribution in [2.45, 2.75) is 38.9 Å². The van der Waals surface area contributed by atoms with Crippen molar-refractivity contribution in [2.75, 3.05) is 13.2 Å². The van der Waals surface area contributed by atoms with Gasteiger partial charge in [-0.05, 0) is 19.8 Å². The first kappa shape index (κ1) is 10.9. The van der Waals surface area contributed by atoms with Gasteiger partial charge in [0.2, 0.25) is 0 Å². The number of aliphatic hydroxyl groups is 2. The van der Waals surface area contributed by atoms with E-state index in [9.17, 15) is 5.11 Å². The summed E-state index contributed by atoms with van der Waals surface area (Å²) in [5.74, 6) is 0. The summed E-state index contributed by atoms with van der Waals surface area (Å²) < 4.78 is 5.03. The van der Waals surface area contributed by atoms with Crippen LogP contribution in [-0.4, -0.2) is 35.6 Å². The summed E-state index contributed by atoms with van der Waals surface area (Å²) in [5, 5.41) is 18.3. The van der Waals surface area contributed by atoms with Gasteiger partial charge in [-0.25, -0.2) is 0 Å². The van der Waals surface area contributed by atoms with E-state index in [1.807, 2.05) is 13.8 Å². The first-order chi connectivity index (χ1) is 5.22. The molecule has 0 heterocycles. The van der Waals surface area contributed by atoms with E-state index in [0.717, 1.165) is 0 Å². The van der Waals surface area contributed by atoms with Gasteiger partial charge in [-0.15, -0.1) is 0 Å². The maximum Gasteiger partial charge on any atom is 0.0820 e. The molecule has 0 aliphatic rings. The van der Waals surface area contributed by atoms with Crippen LogP contribution in [0.15, 0.2) is 0 Å². The maximum absolute atomic E-state index is 9.21. The second-order valence-electron chi connectivity index (χ2n) is 2.53. The molecule has 0 aliphatic carbocycles. The third-order valence-electron chi connectivity index (χ3n) is 1.62. The monoisotopic (exact) mass is 162 g/mol. The molecule has 0 aromatic rings. The minimum atomic E-state index is -0.633. The zero-order valence-corrected chi connectivity index (χ0v) is 7.29. The molecule has 0 fully saturated rings. The number of hydrogen-bond donors (Lipinski definition) is 2. The molecule has 0 rings (SSSR count). The average molecular weight is 162 g/mol. The van der Waals surface area contributed by atoms with Crippen LogP contribution in [0, 0.1) is 0 Å². The molecular weight excluding hydrogens is 144 g/mol. The highest BCUT2D eigenvalue weighted by Crippen LogP contribution is 2.02. The van der Waals surface area contributed by atoms with E-state index in [-0.39, 0.29) is 0 Å². The molecule has 0 saturated heterocycles. The van der Waals surface area contributed by atoms with Crippen molar-refractivity contribution in [1.29, 1.82) is 0 Å². The summed E-state index contributed by atoms with van der Waals surface area (Å²) in [5.41, 5.74) is 0. The Morgan fingerprint density at radius 3 is 2.27 bits per heavy atom. The minimum absolute atomic E-state index is 0.517. The van der Waals surface area contributed by atoms with Crippen LogP contribution < -0.4 is 0 Å². The molecule has 3 heteroatoms. The van der Waals surface area contributed by atoms with E-state index in [2.05, 4.69) is 0 Å². The summed E-state index contributed by atoms with van der Waals surface area (Å²) in [4.78, 5) is 0. The predicted molar refractivity (Wildman–Crippen MR) is 43.4 cm³/mol. The molecule has 2 atom stereocenters. The number of hydrogen-bond acceptors (Lipinski definition) is 3. The Bertz CT molecular complexity index is 85.4. The molecule has 0 aliphatic heterocycles. The molecule has 0 bridgehead atoms. The lowest BCUT2D eigenvalue weighted by Crippen LogP contribution is -2.26. The van der Waals surface area contributed by atoms with Crippen LogP contribution in [-0.2, 0) is 4.74 Å². The smallest absolute Gasteiger partial charge is 0.0820 e. The zero-order chi connectivity index (χ0) is 8.69. The largest absolute Gasteiger partial charge is 0.390 e. The summed E-state index contributed by atoms with van der Waals surface area (Å²) in [6.45, 7) is 4.93. The quantitative estimate of drug-likeness (QED) is 0.561. The number of rotatable bonds is 6. The Kier molecular flexibility index (Phi) is 6.51. The average Bonchev–Trinajstić information content (AvgIpc) is 2.03. The van der Waals surface area contributed by atoms with Crippen LogP contribution in [0.25, 0.3) is 0 Å². The van der Waals surface area contributed by atoms with Crippen molar-refractivity contribution in [3.63, 3.8) is 0 Å². The Balaban J connectivity index is 3.28. The molecule has 0 radical (unpaired) electrons. The van der Waals surface area contributed by atoms with Crippen LogP contribution in [0.3, 0.4) is 0 Å². The summed E-state index contributed by atoms with van der Waals surface area (Å²) in [7, 11) is 0. The molecule has 0 aromatic carbocycles. The van der Waals surface area contributed by atoms with E-state index in [1.165, 1.54) is 0 Å². The Morgan fingerprint density at radius 2 is 1.82 bits per heavy atom. The van der Waals surface area contributed by atoms with Crippen LogP contribution in [0.2, 0.25) is 0 Å². The molecule has 2 N–H and O–H groups in total. The van der Waals surface area contributed by atoms with Gasteiger partial charge in [-0.1, -0.05) is 6.92 Å². The topological polar surface area (TPSA) is 49.7 Å². The van der Waals surface area contributed by atoms with Gasteiger partial charge >= 0.3 is 0 Å². The fraction of sp³-hybridized carbons (Fsp3) is 1.00. The third-order valence-corrected chi connectivity index (χ3v) is 1.62. The van der Waals surface area contributed by atoms with Crippen molar-refractivity contribution in [2.24, 2.45) is 0 Å². The van der Waals surface area contributed by atoms with Crippen LogP contribution in [0.4, 0.5) is 0 Å². The molecule has 0 saturated carbocycles. The highest BCUT2D eigenvalue weighted by molar-refractivity contribution is 4.64. The fourth-order valence-corrected chi connectivity index (χ4v) is 0.813. The van der Waals surface area contributed by atoms with E-state index >= 15 is 0 Å². The van der Waals surface area contributed by atoms with Gasteiger partial charge in [0.25, 0.3) is 0 Å². The molecular formula is C8H18O3. The van der Waals surface area contributed by atoms with E-state index in [4.69, 9.17) is 9.84 Å². The lowest BCUT2D eigenvalue weighted by Gasteiger charge is -2.15. The standard InChI is InChI=1S/C8H18O3/c1-3-7(9)8(10)5-6-11-4-2/h7-10H,3-6H2,1-2H3. The molecule has 11 heavy (non-hydrogen) atoms. The number of ether oxygens (including phenoxy) is 1. The molecule has 68 valence electrons. The highest BCUT2D eigenvalue weighted by Gasteiger charge is 2.12. The van der Waals surface area contributed by atoms with Gasteiger partial charge in [0.1, 0.15) is 0 Å². The Hall–Kier alpha value is -0.120. The Morgan fingerprint density at radius 1 is 1.18 bits per heavy atom. The molecule has 2 unspecified atom stereocenters. The Labute approximate surface area is 68.0 Å². The predicted octanol–water partition coefficient (Wildman–Crippen LogP) is 0.545. The third kappa shape index (κ3) is 5.18. The lowest BCUT2D eigenvalue weighted by atomic mass is 10.1. The van der Waals surface area contributed by atoms with E-state index < -0.39 is 12.2 Å². The molecule has 0 aromatic heterocycles. The van der Waals surface area contributed by atoms with Crippen molar-refractivity contribution in [3.8, 4) is 0 Å². The van der Waals surface area contributed by atoms with Gasteiger partial charge in [0, 0.05) is 13.2 Å². The highest BCUT2D eigenvalue weighted by atomic mass is 16.5. The van der Waals surface area contributed by atoms with Gasteiger partial charge in [0.05, 0.1) is 12.2 Å². The van der Waals surface area contributed by atoms with Crippen molar-refractivity contribution < 1.29 is 14.9 Å². The SMILES string of the molecule is CCOCCC(O)C(O)CC. The molecule has 0 spiro atoms. The second-order valence-corrected chi connectivity index (χ2v) is 2.53. The summed E-state index contributed by atoms with van der Waals surface area (Å²) >= 11 is 0. The van der Waals surface area contributed by atoms with Crippen molar-refractivity contribution in [3.05, 3.63) is 0 Å². The van der Waals surface area contributed by atoms with Crippen LogP contribution in [0.5, 0.6) is 0 Å². The maximum atomic E-state index is 9.21. The van der Waals surface area contributed by atoms with Gasteiger partial charge in [0.15, 0.2) is 0 Å². The van der Waals surface area contributed by atoms with Crippen LogP contribution in [0.1, 0.15) is 26.7 Å². The molecule has 0 amide bonds. The lowest BCUT2D eigenvalue weighted by molar-refractivity contribution is -0.00462. The summed E-state index contributed by atoms with van der Waals surface area (Å²) in [6, 6.07) is 0. The number of aliphatic hydroxyl groups excluding tert-OH is 2. The normalized spacial score (nSPS) is 16.4. The van der Waals surface area contributed by atoms with Crippen molar-refractivity contribution in [1.82, 2.24) is 0 Å². The van der Waals surface area contributed by atoms with E-state index in [1.54, 1.807) is 0 Å². The van der Waals surface area contributed by atoms with E-state index in [0.29, 0.717) is 26.1 Å². The summed E-state index contributed by atoms with van der Waals surface area (Å²) in [6.07, 6.45) is -0.127. The zero-order valence-electron chi connectivity index (χ0n) is 7.29. The first-order valence-corrected chi connectivity index (χ1v) is 4.16. The van der Waals surface area contributed by atoms with Gasteiger partial charge in [-0.3, -0.25) is 0 Å². The first-order valence-electron chi connectivity index (χ1n) is 4.16. The van der Waals surface area contributed by atoms with Gasteiger partial charge in [-0.2, -0.15) is 0 Å². The van der Waals surface area contributed by atoms with Crippen molar-refractivity contribution >= 4 is 0 Å². The van der Waals surface area contributed by atoms with Crippen LogP contribution >= 0.6 is 0 Å². The van der Waals surface area contributed by atoms with Gasteiger partial charge < -0.3 is 14.9 Å². The fourth-order valence-electron chi connectivity index (χ4n) is 0.813. The second kappa shape index (κ2) is 6.58.